The molecule has 26 heavy (non-hydrogen) atoms. The van der Waals surface area contributed by atoms with Gasteiger partial charge < -0.3 is 15.8 Å². The van der Waals surface area contributed by atoms with Gasteiger partial charge in [-0.1, -0.05) is 31.2 Å². The molecule has 0 aromatic heterocycles. The molecule has 0 bridgehead atoms. The maximum absolute atomic E-state index is 6.05. The molecule has 3 rings (SSSR count). The summed E-state index contributed by atoms with van der Waals surface area (Å²) in [5.74, 6) is 2.01. The lowest BCUT2D eigenvalue weighted by Crippen LogP contribution is -2.33. The maximum Gasteiger partial charge on any atom is 0.193 e. The number of para-hydroxylation sites is 1. The second-order valence-electron chi connectivity index (χ2n) is 6.22. The number of rotatable bonds is 6. The van der Waals surface area contributed by atoms with Crippen molar-refractivity contribution >= 4 is 35.6 Å². The molecular weight excluding hydrogens is 439 g/mol. The molecule has 5 nitrogen and oxygen atoms in total. The first-order chi connectivity index (χ1) is 12.2. The Kier molecular flexibility index (Phi) is 8.18. The molecule has 1 fully saturated rings. The lowest BCUT2D eigenvalue weighted by molar-refractivity contribution is 0.273. The van der Waals surface area contributed by atoms with Crippen molar-refractivity contribution in [2.45, 2.75) is 25.8 Å². The van der Waals surface area contributed by atoms with Crippen molar-refractivity contribution in [3.8, 4) is 11.5 Å². The number of benzene rings is 2. The van der Waals surface area contributed by atoms with Gasteiger partial charge in [0.15, 0.2) is 5.96 Å². The highest BCUT2D eigenvalue weighted by atomic mass is 127. The summed E-state index contributed by atoms with van der Waals surface area (Å²) in [7, 11) is 0. The quantitative estimate of drug-likeness (QED) is 0.379. The zero-order valence-electron chi connectivity index (χ0n) is 15.1. The summed E-state index contributed by atoms with van der Waals surface area (Å²) in [5, 5.41) is 3.15. The predicted octanol–water partition coefficient (Wildman–Crippen LogP) is 4.31. The van der Waals surface area contributed by atoms with Gasteiger partial charge in [-0.15, -0.1) is 24.0 Å². The molecule has 1 heterocycles. The Bertz CT molecular complexity index is 708. The summed E-state index contributed by atoms with van der Waals surface area (Å²) in [6.45, 7) is 5.18. The Hall–Kier alpha value is -1.80. The average Bonchev–Trinajstić information content (AvgIpc) is 3.09. The standard InChI is InChI=1S/C20H26N4O.HI/c1-2-24-13-7-9-17(24)15-22-20(21)23-16-8-6-12-19(14-16)25-18-10-4-3-5-11-18;/h3-6,8,10-12,14,17H,2,7,9,13,15H2,1H3,(H3,21,22,23);1H. The molecule has 1 aliphatic heterocycles. The first-order valence-electron chi connectivity index (χ1n) is 8.88. The van der Waals surface area contributed by atoms with Crippen LogP contribution < -0.4 is 15.8 Å². The number of nitrogens with one attached hydrogen (secondary N) is 1. The molecule has 3 N–H and O–H groups in total. The van der Waals surface area contributed by atoms with Crippen molar-refractivity contribution in [2.24, 2.45) is 10.7 Å². The molecule has 1 saturated heterocycles. The number of anilines is 1. The number of aliphatic imine (C=N–C) groups is 1. The molecule has 2 aromatic carbocycles. The van der Waals surface area contributed by atoms with Crippen LogP contribution in [0.3, 0.4) is 0 Å². The lowest BCUT2D eigenvalue weighted by Gasteiger charge is -2.21. The Morgan fingerprint density at radius 3 is 2.73 bits per heavy atom. The van der Waals surface area contributed by atoms with E-state index in [1.807, 2.05) is 54.6 Å². The molecule has 0 amide bonds. The van der Waals surface area contributed by atoms with Gasteiger partial charge in [0, 0.05) is 17.8 Å². The highest BCUT2D eigenvalue weighted by Crippen LogP contribution is 2.23. The molecular formula is C20H27IN4O. The van der Waals surface area contributed by atoms with Gasteiger partial charge >= 0.3 is 0 Å². The van der Waals surface area contributed by atoms with E-state index in [0.29, 0.717) is 12.0 Å². The van der Waals surface area contributed by atoms with Crippen LogP contribution in [0.15, 0.2) is 59.6 Å². The van der Waals surface area contributed by atoms with Gasteiger partial charge in [-0.3, -0.25) is 9.89 Å². The minimum absolute atomic E-state index is 0. The summed E-state index contributed by atoms with van der Waals surface area (Å²) in [6.07, 6.45) is 2.45. The third-order valence-electron chi connectivity index (χ3n) is 4.46. The van der Waals surface area contributed by atoms with Crippen molar-refractivity contribution in [3.05, 3.63) is 54.6 Å². The van der Waals surface area contributed by atoms with E-state index in [9.17, 15) is 0 Å². The Morgan fingerprint density at radius 2 is 1.96 bits per heavy atom. The number of halogens is 1. The fraction of sp³-hybridized carbons (Fsp3) is 0.350. The largest absolute Gasteiger partial charge is 0.457 e. The molecule has 0 saturated carbocycles. The van der Waals surface area contributed by atoms with Gasteiger partial charge in [0.2, 0.25) is 0 Å². The molecule has 0 spiro atoms. The van der Waals surface area contributed by atoms with Gasteiger partial charge in [-0.25, -0.2) is 0 Å². The number of likely N-dealkylation sites (tertiary alicyclic amines) is 1. The first-order valence-corrected chi connectivity index (χ1v) is 8.88. The molecule has 140 valence electrons. The van der Waals surface area contributed by atoms with Crippen LogP contribution in [-0.4, -0.2) is 36.5 Å². The van der Waals surface area contributed by atoms with Crippen molar-refractivity contribution < 1.29 is 4.74 Å². The zero-order valence-corrected chi connectivity index (χ0v) is 17.4. The van der Waals surface area contributed by atoms with Gasteiger partial charge in [0.1, 0.15) is 11.5 Å². The molecule has 0 aliphatic carbocycles. The van der Waals surface area contributed by atoms with Crippen LogP contribution in [0.1, 0.15) is 19.8 Å². The molecule has 1 unspecified atom stereocenters. The van der Waals surface area contributed by atoms with Gasteiger partial charge in [-0.2, -0.15) is 0 Å². The van der Waals surface area contributed by atoms with E-state index in [0.717, 1.165) is 30.3 Å². The van der Waals surface area contributed by atoms with E-state index >= 15 is 0 Å². The predicted molar refractivity (Wildman–Crippen MR) is 119 cm³/mol. The highest BCUT2D eigenvalue weighted by molar-refractivity contribution is 14.0. The highest BCUT2D eigenvalue weighted by Gasteiger charge is 2.22. The number of nitrogens with two attached hydrogens (primary N) is 1. The van der Waals surface area contributed by atoms with Crippen LogP contribution in [-0.2, 0) is 0 Å². The van der Waals surface area contributed by atoms with Gasteiger partial charge in [0.25, 0.3) is 0 Å². The van der Waals surface area contributed by atoms with Gasteiger partial charge in [-0.05, 0) is 50.2 Å². The zero-order chi connectivity index (χ0) is 17.5. The monoisotopic (exact) mass is 466 g/mol. The summed E-state index contributed by atoms with van der Waals surface area (Å²) in [4.78, 5) is 6.98. The molecule has 1 aliphatic rings. The number of hydrogen-bond donors (Lipinski definition) is 2. The van der Waals surface area contributed by atoms with E-state index < -0.39 is 0 Å². The van der Waals surface area contributed by atoms with Gasteiger partial charge in [0.05, 0.1) is 6.54 Å². The Morgan fingerprint density at radius 1 is 1.19 bits per heavy atom. The SMILES string of the molecule is CCN1CCCC1CN=C(N)Nc1cccc(Oc2ccccc2)c1.I. The Balaban J connectivity index is 0.00000243. The third kappa shape index (κ3) is 5.88. The summed E-state index contributed by atoms with van der Waals surface area (Å²) < 4.78 is 5.84. The van der Waals surface area contributed by atoms with E-state index in [4.69, 9.17) is 10.5 Å². The molecule has 1 atom stereocenters. The van der Waals surface area contributed by atoms with Crippen LogP contribution in [0.25, 0.3) is 0 Å². The van der Waals surface area contributed by atoms with Crippen LogP contribution in [0.4, 0.5) is 5.69 Å². The van der Waals surface area contributed by atoms with Crippen LogP contribution >= 0.6 is 24.0 Å². The smallest absolute Gasteiger partial charge is 0.193 e. The van der Waals surface area contributed by atoms with Crippen molar-refractivity contribution in [2.75, 3.05) is 25.0 Å². The molecule has 0 radical (unpaired) electrons. The van der Waals surface area contributed by atoms with E-state index in [1.54, 1.807) is 0 Å². The summed E-state index contributed by atoms with van der Waals surface area (Å²) >= 11 is 0. The fourth-order valence-electron chi connectivity index (χ4n) is 3.17. The number of ether oxygens (including phenoxy) is 1. The van der Waals surface area contributed by atoms with Crippen molar-refractivity contribution in [1.82, 2.24) is 4.90 Å². The number of hydrogen-bond acceptors (Lipinski definition) is 3. The van der Waals surface area contributed by atoms with Crippen molar-refractivity contribution in [3.63, 3.8) is 0 Å². The third-order valence-corrected chi connectivity index (χ3v) is 4.46. The number of likely N-dealkylation sites (N-methyl/N-ethyl adjacent to an activating group) is 1. The molecule has 6 heteroatoms. The van der Waals surface area contributed by atoms with Crippen molar-refractivity contribution in [1.29, 1.82) is 0 Å². The fourth-order valence-corrected chi connectivity index (χ4v) is 3.17. The normalized spacial score (nSPS) is 17.6. The number of guanidine groups is 1. The topological polar surface area (TPSA) is 62.9 Å². The van der Waals surface area contributed by atoms with Crippen LogP contribution in [0.2, 0.25) is 0 Å². The van der Waals surface area contributed by atoms with Crippen LogP contribution in [0, 0.1) is 0 Å². The summed E-state index contributed by atoms with van der Waals surface area (Å²) in [5.41, 5.74) is 6.92. The first kappa shape index (κ1) is 20.5. The second-order valence-corrected chi connectivity index (χ2v) is 6.22. The number of nitrogens with zero attached hydrogens (tertiary/aromatic N) is 2. The second kappa shape index (κ2) is 10.4. The average molecular weight is 466 g/mol. The lowest BCUT2D eigenvalue weighted by atomic mass is 10.2. The summed E-state index contributed by atoms with van der Waals surface area (Å²) in [6, 6.07) is 18.0. The van der Waals surface area contributed by atoms with E-state index in [-0.39, 0.29) is 24.0 Å². The van der Waals surface area contributed by atoms with Crippen LogP contribution in [0.5, 0.6) is 11.5 Å². The van der Waals surface area contributed by atoms with E-state index in [2.05, 4.69) is 22.1 Å². The molecule has 2 aromatic rings. The minimum Gasteiger partial charge on any atom is -0.457 e. The Labute approximate surface area is 172 Å². The van der Waals surface area contributed by atoms with E-state index in [1.165, 1.54) is 19.4 Å². The minimum atomic E-state index is 0. The maximum atomic E-state index is 6.05.